The summed E-state index contributed by atoms with van der Waals surface area (Å²) >= 11 is 0. The molecule has 3 N–H and O–H groups in total. The Kier molecular flexibility index (Phi) is 7.28. The number of carbonyl (C=O) groups is 2. The lowest BCUT2D eigenvalue weighted by molar-refractivity contribution is -0.117. The van der Waals surface area contributed by atoms with Gasteiger partial charge in [-0.05, 0) is 43.7 Å². The third-order valence-electron chi connectivity index (χ3n) is 4.68. The molecule has 0 aliphatic carbocycles. The van der Waals surface area contributed by atoms with Crippen LogP contribution in [0.25, 0.3) is 6.08 Å². The molecule has 1 heterocycles. The van der Waals surface area contributed by atoms with Gasteiger partial charge in [-0.2, -0.15) is 0 Å². The average Bonchev–Trinajstić information content (AvgIpc) is 3.06. The monoisotopic (exact) mass is 426 g/mol. The molecule has 0 radical (unpaired) electrons. The standard InChI is InChI=1S/C23H26N2O6/c1-3-11-30-20-10-9-16(21(15(20)2)31-14-18(27)13-26)12-19-22(28)24-25(23(19)29)17-7-5-4-6-8-17/h4-10,12,18,26-27H,3,11,13-14H2,1-2H3,(H,24,28)/t18-/m0/s1. The summed E-state index contributed by atoms with van der Waals surface area (Å²) in [5.74, 6) is -0.0429. The fourth-order valence-electron chi connectivity index (χ4n) is 3.07. The van der Waals surface area contributed by atoms with Crippen molar-refractivity contribution in [1.29, 1.82) is 0 Å². The maximum atomic E-state index is 12.9. The van der Waals surface area contributed by atoms with Crippen LogP contribution >= 0.6 is 0 Å². The molecule has 31 heavy (non-hydrogen) atoms. The Hall–Kier alpha value is -3.36. The lowest BCUT2D eigenvalue weighted by atomic mass is 10.0. The molecule has 2 aromatic rings. The van der Waals surface area contributed by atoms with Gasteiger partial charge in [0.05, 0.1) is 18.9 Å². The molecule has 1 aliphatic rings. The van der Waals surface area contributed by atoms with E-state index in [1.165, 1.54) is 11.1 Å². The van der Waals surface area contributed by atoms with E-state index in [1.54, 1.807) is 43.3 Å². The first-order chi connectivity index (χ1) is 15.0. The predicted molar refractivity (Wildman–Crippen MR) is 116 cm³/mol. The summed E-state index contributed by atoms with van der Waals surface area (Å²) in [6.07, 6.45) is 1.22. The molecule has 0 unspecified atom stereocenters. The molecule has 164 valence electrons. The Labute approximate surface area is 180 Å². The number of hydrogen-bond donors (Lipinski definition) is 3. The smallest absolute Gasteiger partial charge is 0.282 e. The third kappa shape index (κ3) is 5.04. The van der Waals surface area contributed by atoms with Crippen LogP contribution in [-0.4, -0.2) is 48.0 Å². The second kappa shape index (κ2) is 10.1. The van der Waals surface area contributed by atoms with E-state index in [-0.39, 0.29) is 12.2 Å². The number of benzene rings is 2. The van der Waals surface area contributed by atoms with Crippen LogP contribution < -0.4 is 19.9 Å². The number of amides is 2. The normalized spacial score (nSPS) is 15.9. The summed E-state index contributed by atoms with van der Waals surface area (Å²) in [7, 11) is 0. The predicted octanol–water partition coefficient (Wildman–Crippen LogP) is 1.98. The zero-order valence-corrected chi connectivity index (χ0v) is 17.5. The summed E-state index contributed by atoms with van der Waals surface area (Å²) in [5.41, 5.74) is 4.22. The summed E-state index contributed by atoms with van der Waals surface area (Å²) < 4.78 is 11.5. The van der Waals surface area contributed by atoms with E-state index >= 15 is 0 Å². The van der Waals surface area contributed by atoms with Crippen LogP contribution in [0.1, 0.15) is 24.5 Å². The van der Waals surface area contributed by atoms with Crippen LogP contribution in [0.2, 0.25) is 0 Å². The topological polar surface area (TPSA) is 108 Å². The van der Waals surface area contributed by atoms with Crippen LogP contribution in [0.15, 0.2) is 48.0 Å². The number of para-hydroxylation sites is 1. The van der Waals surface area contributed by atoms with Gasteiger partial charge in [-0.3, -0.25) is 15.0 Å². The maximum absolute atomic E-state index is 12.9. The molecule has 2 aromatic carbocycles. The van der Waals surface area contributed by atoms with Gasteiger partial charge in [0.1, 0.15) is 29.8 Å². The zero-order valence-electron chi connectivity index (χ0n) is 17.5. The van der Waals surface area contributed by atoms with E-state index in [4.69, 9.17) is 14.6 Å². The molecule has 8 heteroatoms. The first-order valence-electron chi connectivity index (χ1n) is 10.1. The van der Waals surface area contributed by atoms with Crippen LogP contribution in [0.4, 0.5) is 5.69 Å². The fourth-order valence-corrected chi connectivity index (χ4v) is 3.07. The van der Waals surface area contributed by atoms with E-state index in [9.17, 15) is 14.7 Å². The Bertz CT molecular complexity index is 974. The van der Waals surface area contributed by atoms with Gasteiger partial charge in [-0.15, -0.1) is 0 Å². The Morgan fingerprint density at radius 1 is 1.13 bits per heavy atom. The molecule has 0 spiro atoms. The molecule has 1 atom stereocenters. The van der Waals surface area contributed by atoms with Gasteiger partial charge in [-0.25, -0.2) is 5.01 Å². The number of hydrazine groups is 1. The maximum Gasteiger partial charge on any atom is 0.282 e. The minimum Gasteiger partial charge on any atom is -0.493 e. The first kappa shape index (κ1) is 22.3. The van der Waals surface area contributed by atoms with Gasteiger partial charge in [-0.1, -0.05) is 25.1 Å². The van der Waals surface area contributed by atoms with Crippen molar-refractivity contribution in [2.45, 2.75) is 26.4 Å². The van der Waals surface area contributed by atoms with Crippen molar-refractivity contribution in [3.05, 3.63) is 59.2 Å². The number of carbonyl (C=O) groups excluding carboxylic acids is 2. The molecular formula is C23H26N2O6. The van der Waals surface area contributed by atoms with Crippen molar-refractivity contribution >= 4 is 23.6 Å². The van der Waals surface area contributed by atoms with Crippen LogP contribution in [-0.2, 0) is 9.59 Å². The molecule has 2 amide bonds. The minimum absolute atomic E-state index is 0.0435. The average molecular weight is 426 g/mol. The van der Waals surface area contributed by atoms with Crippen molar-refractivity contribution in [2.24, 2.45) is 0 Å². The molecular weight excluding hydrogens is 400 g/mol. The molecule has 1 fully saturated rings. The highest BCUT2D eigenvalue weighted by atomic mass is 16.5. The molecule has 0 aromatic heterocycles. The van der Waals surface area contributed by atoms with Crippen molar-refractivity contribution in [3.8, 4) is 11.5 Å². The highest BCUT2D eigenvalue weighted by Crippen LogP contribution is 2.34. The Balaban J connectivity index is 1.96. The Morgan fingerprint density at radius 3 is 2.55 bits per heavy atom. The van der Waals surface area contributed by atoms with Crippen molar-refractivity contribution in [3.63, 3.8) is 0 Å². The van der Waals surface area contributed by atoms with Crippen molar-refractivity contribution in [1.82, 2.24) is 5.43 Å². The van der Waals surface area contributed by atoms with E-state index in [2.05, 4.69) is 5.43 Å². The van der Waals surface area contributed by atoms with Gasteiger partial charge >= 0.3 is 0 Å². The van der Waals surface area contributed by atoms with E-state index < -0.39 is 24.5 Å². The molecule has 3 rings (SSSR count). The minimum atomic E-state index is -1.06. The number of anilines is 1. The molecule has 1 saturated heterocycles. The molecule has 1 aliphatic heterocycles. The van der Waals surface area contributed by atoms with Crippen molar-refractivity contribution in [2.75, 3.05) is 24.8 Å². The second-order valence-corrected chi connectivity index (χ2v) is 7.08. The number of rotatable bonds is 9. The Morgan fingerprint density at radius 2 is 1.87 bits per heavy atom. The number of aliphatic hydroxyl groups is 2. The SMILES string of the molecule is CCCOc1ccc(C=C2C(=O)NN(c3ccccc3)C2=O)c(OC[C@@H](O)CO)c1C. The fraction of sp³-hybridized carbons (Fsp3) is 0.304. The van der Waals surface area contributed by atoms with Crippen LogP contribution in [0.5, 0.6) is 11.5 Å². The van der Waals surface area contributed by atoms with Gasteiger partial charge in [0, 0.05) is 11.1 Å². The summed E-state index contributed by atoms with van der Waals surface area (Å²) in [6.45, 7) is 3.70. The van der Waals surface area contributed by atoms with Gasteiger partial charge in [0.15, 0.2) is 0 Å². The van der Waals surface area contributed by atoms with Gasteiger partial charge in [0.2, 0.25) is 0 Å². The quantitative estimate of drug-likeness (QED) is 0.418. The number of nitrogens with one attached hydrogen (secondary N) is 1. The van der Waals surface area contributed by atoms with E-state index in [1.807, 2.05) is 13.0 Å². The van der Waals surface area contributed by atoms with Gasteiger partial charge in [0.25, 0.3) is 11.8 Å². The number of nitrogens with zero attached hydrogens (tertiary/aromatic N) is 1. The van der Waals surface area contributed by atoms with E-state index in [0.717, 1.165) is 6.42 Å². The largest absolute Gasteiger partial charge is 0.493 e. The summed E-state index contributed by atoms with van der Waals surface area (Å²) in [4.78, 5) is 25.4. The first-order valence-corrected chi connectivity index (χ1v) is 10.1. The van der Waals surface area contributed by atoms with Crippen LogP contribution in [0, 0.1) is 6.92 Å². The lowest BCUT2D eigenvalue weighted by Crippen LogP contribution is -2.35. The molecule has 0 bridgehead atoms. The lowest BCUT2D eigenvalue weighted by Gasteiger charge is -2.17. The number of ether oxygens (including phenoxy) is 2. The van der Waals surface area contributed by atoms with Crippen LogP contribution in [0.3, 0.4) is 0 Å². The highest BCUT2D eigenvalue weighted by molar-refractivity contribution is 6.31. The molecule has 8 nitrogen and oxygen atoms in total. The number of hydrogen-bond acceptors (Lipinski definition) is 6. The second-order valence-electron chi connectivity index (χ2n) is 7.08. The third-order valence-corrected chi connectivity index (χ3v) is 4.68. The van der Waals surface area contributed by atoms with Gasteiger partial charge < -0.3 is 19.7 Å². The molecule has 0 saturated carbocycles. The van der Waals surface area contributed by atoms with E-state index in [0.29, 0.717) is 34.9 Å². The highest BCUT2D eigenvalue weighted by Gasteiger charge is 2.34. The summed E-state index contributed by atoms with van der Waals surface area (Å²) in [5, 5.41) is 20.0. The number of aliphatic hydroxyl groups excluding tert-OH is 2. The zero-order chi connectivity index (χ0) is 22.4. The summed E-state index contributed by atoms with van der Waals surface area (Å²) in [6, 6.07) is 12.2. The van der Waals surface area contributed by atoms with Crippen molar-refractivity contribution < 1.29 is 29.3 Å².